The highest BCUT2D eigenvalue weighted by Crippen LogP contribution is 2.28. The lowest BCUT2D eigenvalue weighted by Crippen LogP contribution is -2.55. The highest BCUT2D eigenvalue weighted by molar-refractivity contribution is 9.09. The molecule has 0 spiro atoms. The second-order valence-corrected chi connectivity index (χ2v) is 8.97. The number of nitrogens with one attached hydrogen (secondary N) is 2. The summed E-state index contributed by atoms with van der Waals surface area (Å²) in [4.78, 5) is 51.9. The number of ketones is 1. The van der Waals surface area contributed by atoms with Crippen molar-refractivity contribution in [1.29, 1.82) is 0 Å². The topological polar surface area (TPSA) is 95.6 Å². The molecule has 2 rings (SSSR count). The normalized spacial score (nSPS) is 16.8. The predicted molar refractivity (Wildman–Crippen MR) is 115 cm³/mol. The molecule has 4 amide bonds. The maximum atomic E-state index is 13.0. The quantitative estimate of drug-likeness (QED) is 0.263. The third-order valence-electron chi connectivity index (χ3n) is 4.05. The number of hydrogen-bond acceptors (Lipinski definition) is 4. The summed E-state index contributed by atoms with van der Waals surface area (Å²) in [5, 5.41) is 6.04. The van der Waals surface area contributed by atoms with E-state index >= 15 is 0 Å². The van der Waals surface area contributed by atoms with Gasteiger partial charge in [0.05, 0.1) is 10.7 Å². The van der Waals surface area contributed by atoms with Crippen molar-refractivity contribution in [3.05, 3.63) is 40.0 Å². The van der Waals surface area contributed by atoms with Crippen molar-refractivity contribution in [2.24, 2.45) is 5.41 Å². The molecule has 0 radical (unpaired) electrons. The monoisotopic (exact) mass is 503 g/mol. The van der Waals surface area contributed by atoms with Gasteiger partial charge in [-0.15, -0.1) is 0 Å². The smallest absolute Gasteiger partial charge is 0.323 e. The first-order valence-corrected chi connectivity index (χ1v) is 10.6. The van der Waals surface area contributed by atoms with Crippen LogP contribution in [0.5, 0.6) is 0 Å². The molecule has 7 nitrogen and oxygen atoms in total. The van der Waals surface area contributed by atoms with Gasteiger partial charge in [0.2, 0.25) is 0 Å². The minimum Gasteiger partial charge on any atom is -0.323 e. The first-order chi connectivity index (χ1) is 13.5. The van der Waals surface area contributed by atoms with Gasteiger partial charge in [-0.3, -0.25) is 14.4 Å². The number of rotatable bonds is 6. The third kappa shape index (κ3) is 5.38. The highest BCUT2D eigenvalue weighted by Gasteiger charge is 2.48. The zero-order valence-electron chi connectivity index (χ0n) is 16.0. The van der Waals surface area contributed by atoms with Gasteiger partial charge >= 0.3 is 6.03 Å². The Bertz CT molecular complexity index is 896. The van der Waals surface area contributed by atoms with Crippen LogP contribution in [0.3, 0.4) is 0 Å². The molecule has 1 unspecified atom stereocenters. The van der Waals surface area contributed by atoms with Crippen molar-refractivity contribution in [3.63, 3.8) is 0 Å². The molecule has 0 saturated carbocycles. The van der Waals surface area contributed by atoms with E-state index in [0.29, 0.717) is 21.7 Å². The van der Waals surface area contributed by atoms with E-state index in [1.807, 2.05) is 0 Å². The number of allylic oxidation sites excluding steroid dienone is 1. The van der Waals surface area contributed by atoms with Gasteiger partial charge in [0.1, 0.15) is 5.70 Å². The number of nitrogens with zero attached hydrogens (tertiary/aromatic N) is 1. The molecule has 10 heteroatoms. The summed E-state index contributed by atoms with van der Waals surface area (Å²) in [6, 6.07) is 1.90. The van der Waals surface area contributed by atoms with E-state index in [1.165, 1.54) is 24.3 Å². The molecule has 156 valence electrons. The van der Waals surface area contributed by atoms with E-state index < -0.39 is 35.1 Å². The van der Waals surface area contributed by atoms with Crippen molar-refractivity contribution in [1.82, 2.24) is 10.2 Å². The standard InChI is InChI=1S/C19H20BrCl2N3O4/c1-19(2,3)15(26)14(16(27)23-12-7-6-10(21)9-11(12)22)25-17(28)13(5-4-8-20)24-18(25)29/h5-7,9,14H,4,8H2,1-3H3,(H,23,27)(H,24,29). The molecule has 1 aromatic carbocycles. The van der Waals surface area contributed by atoms with Gasteiger partial charge in [-0.25, -0.2) is 9.69 Å². The van der Waals surface area contributed by atoms with Gasteiger partial charge < -0.3 is 10.6 Å². The molecule has 1 aliphatic heterocycles. The van der Waals surface area contributed by atoms with Crippen LogP contribution in [0, 0.1) is 5.41 Å². The van der Waals surface area contributed by atoms with Crippen LogP contribution in [0.4, 0.5) is 10.5 Å². The largest absolute Gasteiger partial charge is 0.330 e. The van der Waals surface area contributed by atoms with Crippen LogP contribution < -0.4 is 10.6 Å². The number of amides is 4. The Hall–Kier alpha value is -1.90. The summed E-state index contributed by atoms with van der Waals surface area (Å²) in [6.45, 7) is 4.81. The zero-order valence-corrected chi connectivity index (χ0v) is 19.1. The van der Waals surface area contributed by atoms with E-state index in [1.54, 1.807) is 20.8 Å². The van der Waals surface area contributed by atoms with Crippen molar-refractivity contribution < 1.29 is 19.2 Å². The number of halogens is 3. The van der Waals surface area contributed by atoms with Gasteiger partial charge in [0.25, 0.3) is 11.8 Å². The molecule has 1 aliphatic rings. The molecule has 1 heterocycles. The minimum atomic E-state index is -1.66. The molecule has 0 aliphatic carbocycles. The van der Waals surface area contributed by atoms with E-state index in [9.17, 15) is 19.2 Å². The second kappa shape index (κ2) is 9.28. The number of hydrogen-bond donors (Lipinski definition) is 2. The van der Waals surface area contributed by atoms with E-state index in [4.69, 9.17) is 23.2 Å². The molecule has 2 N–H and O–H groups in total. The highest BCUT2D eigenvalue weighted by atomic mass is 79.9. The van der Waals surface area contributed by atoms with Gasteiger partial charge in [0.15, 0.2) is 11.8 Å². The summed E-state index contributed by atoms with van der Waals surface area (Å²) < 4.78 is 0. The van der Waals surface area contributed by atoms with E-state index in [-0.39, 0.29) is 16.4 Å². The fraction of sp³-hybridized carbons (Fsp3) is 0.368. The van der Waals surface area contributed by atoms with Gasteiger partial charge in [-0.05, 0) is 24.6 Å². The lowest BCUT2D eigenvalue weighted by Gasteiger charge is -2.28. The first-order valence-electron chi connectivity index (χ1n) is 8.68. The summed E-state index contributed by atoms with van der Waals surface area (Å²) >= 11 is 15.2. The summed E-state index contributed by atoms with van der Waals surface area (Å²) in [6.07, 6.45) is 2.02. The van der Waals surface area contributed by atoms with E-state index in [0.717, 1.165) is 0 Å². The summed E-state index contributed by atoms with van der Waals surface area (Å²) in [5.74, 6) is -2.18. The van der Waals surface area contributed by atoms with Crippen LogP contribution in [-0.2, 0) is 14.4 Å². The number of anilines is 1. The summed E-state index contributed by atoms with van der Waals surface area (Å²) in [7, 11) is 0. The maximum absolute atomic E-state index is 13.0. The molecular formula is C19H20BrCl2N3O4. The van der Waals surface area contributed by atoms with Crippen LogP contribution in [0.2, 0.25) is 10.0 Å². The molecule has 0 bridgehead atoms. The lowest BCUT2D eigenvalue weighted by atomic mass is 9.85. The predicted octanol–water partition coefficient (Wildman–Crippen LogP) is 4.14. The number of imide groups is 1. The van der Waals surface area contributed by atoms with Crippen molar-refractivity contribution in [2.75, 3.05) is 10.6 Å². The summed E-state index contributed by atoms with van der Waals surface area (Å²) in [5.41, 5.74) is -0.761. The van der Waals surface area contributed by atoms with Crippen LogP contribution in [0.15, 0.2) is 30.0 Å². The molecule has 0 aromatic heterocycles. The zero-order chi connectivity index (χ0) is 21.9. The van der Waals surface area contributed by atoms with Crippen molar-refractivity contribution >= 4 is 68.4 Å². The Morgan fingerprint density at radius 3 is 2.48 bits per heavy atom. The van der Waals surface area contributed by atoms with Crippen LogP contribution in [-0.4, -0.2) is 39.9 Å². The average molecular weight is 505 g/mol. The number of urea groups is 1. The Labute approximate surface area is 186 Å². The molecule has 29 heavy (non-hydrogen) atoms. The van der Waals surface area contributed by atoms with Gasteiger partial charge in [-0.2, -0.15) is 0 Å². The third-order valence-corrected chi connectivity index (χ3v) is 5.06. The van der Waals surface area contributed by atoms with Gasteiger partial charge in [0, 0.05) is 15.8 Å². The van der Waals surface area contributed by atoms with Crippen LogP contribution >= 0.6 is 39.1 Å². The van der Waals surface area contributed by atoms with Crippen molar-refractivity contribution in [2.45, 2.75) is 33.2 Å². The average Bonchev–Trinajstić information content (AvgIpc) is 2.89. The number of benzene rings is 1. The Balaban J connectivity index is 2.42. The Morgan fingerprint density at radius 1 is 1.28 bits per heavy atom. The fourth-order valence-corrected chi connectivity index (χ4v) is 3.26. The number of Topliss-reactive ketones (excluding diaryl/α,β-unsaturated/α-hetero) is 1. The van der Waals surface area contributed by atoms with E-state index in [2.05, 4.69) is 26.6 Å². The fourth-order valence-electron chi connectivity index (χ4n) is 2.58. The van der Waals surface area contributed by atoms with Gasteiger partial charge in [-0.1, -0.05) is 66.0 Å². The Kier molecular flexibility index (Phi) is 7.48. The Morgan fingerprint density at radius 2 is 1.93 bits per heavy atom. The number of alkyl halides is 1. The second-order valence-electron chi connectivity index (χ2n) is 7.33. The minimum absolute atomic E-state index is 0.0264. The molecule has 1 saturated heterocycles. The maximum Gasteiger partial charge on any atom is 0.330 e. The first kappa shape index (κ1) is 23.4. The molecule has 1 aromatic rings. The number of carbonyl (C=O) groups excluding carboxylic acids is 4. The van der Waals surface area contributed by atoms with Crippen LogP contribution in [0.1, 0.15) is 27.2 Å². The molecule has 1 fully saturated rings. The SMILES string of the molecule is CC(C)(C)C(=O)C(C(=O)Nc1ccc(Cl)cc1Cl)N1C(=O)NC(=CCCBr)C1=O. The molecule has 1 atom stereocenters. The van der Waals surface area contributed by atoms with Crippen molar-refractivity contribution in [3.8, 4) is 0 Å². The lowest BCUT2D eigenvalue weighted by molar-refractivity contribution is -0.142. The van der Waals surface area contributed by atoms with Crippen LogP contribution in [0.25, 0.3) is 0 Å². The number of carbonyl (C=O) groups is 4. The molecular weight excluding hydrogens is 485 g/mol.